The van der Waals surface area contributed by atoms with Crippen molar-refractivity contribution in [3.8, 4) is 0 Å². The molecule has 10 heteroatoms. The van der Waals surface area contributed by atoms with Crippen LogP contribution in [0.3, 0.4) is 0 Å². The summed E-state index contributed by atoms with van der Waals surface area (Å²) in [5, 5.41) is 15.1. The van der Waals surface area contributed by atoms with Crippen molar-refractivity contribution in [3.05, 3.63) is 35.9 Å². The quantitative estimate of drug-likeness (QED) is 0.401. The molecule has 1 rings (SSSR count). The summed E-state index contributed by atoms with van der Waals surface area (Å²) in [6.45, 7) is 9.85. The minimum Gasteiger partial charge on any atom is -0.444 e. The van der Waals surface area contributed by atoms with Gasteiger partial charge < -0.3 is 31.1 Å². The number of carbonyl (C=O) groups is 4. The van der Waals surface area contributed by atoms with Crippen molar-refractivity contribution < 1.29 is 29.0 Å². The van der Waals surface area contributed by atoms with E-state index in [1.165, 1.54) is 4.90 Å². The summed E-state index contributed by atoms with van der Waals surface area (Å²) in [7, 11) is 0. The Labute approximate surface area is 201 Å². The lowest BCUT2D eigenvalue weighted by Crippen LogP contribution is -2.55. The molecule has 4 amide bonds. The first-order valence-electron chi connectivity index (χ1n) is 11.2. The second kappa shape index (κ2) is 12.4. The summed E-state index contributed by atoms with van der Waals surface area (Å²) in [6, 6.07) is 6.35. The average molecular weight is 479 g/mol. The number of aliphatic hydroxyl groups is 1. The van der Waals surface area contributed by atoms with Crippen molar-refractivity contribution in [2.75, 3.05) is 13.2 Å². The lowest BCUT2D eigenvalue weighted by Gasteiger charge is -2.35. The highest BCUT2D eigenvalue weighted by Gasteiger charge is 2.37. The van der Waals surface area contributed by atoms with Gasteiger partial charge in [-0.15, -0.1) is 0 Å². The molecule has 2 atom stereocenters. The topological polar surface area (TPSA) is 151 Å². The largest absolute Gasteiger partial charge is 0.444 e. The maximum absolute atomic E-state index is 13.6. The summed E-state index contributed by atoms with van der Waals surface area (Å²) in [5.41, 5.74) is 4.39. The Bertz CT molecular complexity index is 845. The van der Waals surface area contributed by atoms with E-state index in [1.54, 1.807) is 51.1 Å². The van der Waals surface area contributed by atoms with E-state index in [0.29, 0.717) is 5.56 Å². The smallest absolute Gasteiger partial charge is 0.408 e. The van der Waals surface area contributed by atoms with Crippen molar-refractivity contribution in [2.24, 2.45) is 5.73 Å². The van der Waals surface area contributed by atoms with Gasteiger partial charge in [0.05, 0.1) is 6.61 Å². The molecule has 34 heavy (non-hydrogen) atoms. The number of rotatable bonds is 10. The molecule has 10 nitrogen and oxygen atoms in total. The molecular formula is C24H38N4O6. The van der Waals surface area contributed by atoms with Crippen LogP contribution >= 0.6 is 0 Å². The number of nitrogens with zero attached hydrogens (tertiary/aromatic N) is 1. The monoisotopic (exact) mass is 478 g/mol. The van der Waals surface area contributed by atoms with Crippen molar-refractivity contribution in [1.29, 1.82) is 0 Å². The van der Waals surface area contributed by atoms with Gasteiger partial charge in [-0.3, -0.25) is 14.4 Å². The van der Waals surface area contributed by atoms with Gasteiger partial charge in [-0.1, -0.05) is 30.3 Å². The number of ether oxygens (including phenoxy) is 1. The van der Waals surface area contributed by atoms with Crippen LogP contribution in [0.25, 0.3) is 0 Å². The van der Waals surface area contributed by atoms with Gasteiger partial charge in [0.25, 0.3) is 0 Å². The highest BCUT2D eigenvalue weighted by molar-refractivity contribution is 5.92. The number of hydrogen-bond donors (Lipinski definition) is 4. The van der Waals surface area contributed by atoms with Gasteiger partial charge in [-0.2, -0.15) is 0 Å². The van der Waals surface area contributed by atoms with Crippen molar-refractivity contribution in [1.82, 2.24) is 15.5 Å². The van der Waals surface area contributed by atoms with Gasteiger partial charge >= 0.3 is 6.09 Å². The molecule has 0 aliphatic carbocycles. The fourth-order valence-electron chi connectivity index (χ4n) is 3.21. The van der Waals surface area contributed by atoms with E-state index in [4.69, 9.17) is 10.5 Å². The van der Waals surface area contributed by atoms with E-state index in [2.05, 4.69) is 10.6 Å². The molecule has 0 aromatic heterocycles. The molecule has 0 heterocycles. The molecule has 0 aliphatic heterocycles. The minimum absolute atomic E-state index is 0.0995. The van der Waals surface area contributed by atoms with Gasteiger partial charge in [-0.05, 0) is 53.5 Å². The Kier molecular flexibility index (Phi) is 10.5. The first kappa shape index (κ1) is 28.9. The number of alkyl carbamates (subject to hydrolysis) is 1. The highest BCUT2D eigenvalue weighted by Crippen LogP contribution is 2.24. The van der Waals surface area contributed by atoms with Gasteiger partial charge in [0.15, 0.2) is 0 Å². The number of primary amides is 1. The molecule has 0 fully saturated rings. The van der Waals surface area contributed by atoms with Crippen LogP contribution in [-0.4, -0.2) is 64.2 Å². The summed E-state index contributed by atoms with van der Waals surface area (Å²) < 4.78 is 5.26. The second-order valence-corrected chi connectivity index (χ2v) is 10.0. The van der Waals surface area contributed by atoms with Crippen LogP contribution in [0.2, 0.25) is 0 Å². The minimum atomic E-state index is -1.21. The van der Waals surface area contributed by atoms with Crippen molar-refractivity contribution >= 4 is 23.8 Å². The van der Waals surface area contributed by atoms with Crippen LogP contribution in [0.5, 0.6) is 0 Å². The van der Waals surface area contributed by atoms with Crippen LogP contribution in [0, 0.1) is 0 Å². The lowest BCUT2D eigenvalue weighted by atomic mass is 10.00. The molecule has 2 unspecified atom stereocenters. The lowest BCUT2D eigenvalue weighted by molar-refractivity contribution is -0.143. The van der Waals surface area contributed by atoms with E-state index in [1.807, 2.05) is 20.8 Å². The van der Waals surface area contributed by atoms with Crippen LogP contribution in [0.15, 0.2) is 30.3 Å². The standard InChI is InChI=1S/C24H38N4O6/c1-23(2,3)27-20(31)19(16-10-8-7-9-11-16)28(14-15-29)21(32)17(12-13-18(25)30)26-22(33)34-24(4,5)6/h7-11,17,19,29H,12-15H2,1-6H3,(H2,25,30)(H,26,33)(H,27,31). The molecule has 1 aromatic carbocycles. The molecule has 5 N–H and O–H groups in total. The second-order valence-electron chi connectivity index (χ2n) is 10.0. The molecule has 190 valence electrons. The first-order valence-corrected chi connectivity index (χ1v) is 11.2. The van der Waals surface area contributed by atoms with Gasteiger partial charge in [-0.25, -0.2) is 4.79 Å². The van der Waals surface area contributed by atoms with Crippen molar-refractivity contribution in [2.45, 2.75) is 77.6 Å². The Balaban J connectivity index is 3.39. The number of hydrogen-bond acceptors (Lipinski definition) is 6. The number of benzene rings is 1. The molecule has 0 saturated heterocycles. The van der Waals surface area contributed by atoms with Crippen LogP contribution in [0.1, 0.15) is 66.0 Å². The maximum Gasteiger partial charge on any atom is 0.408 e. The van der Waals surface area contributed by atoms with E-state index >= 15 is 0 Å². The summed E-state index contributed by atoms with van der Waals surface area (Å²) in [5.74, 6) is -1.76. The van der Waals surface area contributed by atoms with Crippen molar-refractivity contribution in [3.63, 3.8) is 0 Å². The number of nitrogens with one attached hydrogen (secondary N) is 2. The Morgan fingerprint density at radius 3 is 2.12 bits per heavy atom. The van der Waals surface area contributed by atoms with Gasteiger partial charge in [0.2, 0.25) is 17.7 Å². The number of nitrogens with two attached hydrogens (primary N) is 1. The molecule has 0 bridgehead atoms. The maximum atomic E-state index is 13.6. The zero-order chi connectivity index (χ0) is 26.1. The Morgan fingerprint density at radius 1 is 1.06 bits per heavy atom. The third-order valence-corrected chi connectivity index (χ3v) is 4.47. The zero-order valence-corrected chi connectivity index (χ0v) is 20.9. The fraction of sp³-hybridized carbons (Fsp3) is 0.583. The molecule has 0 saturated carbocycles. The molecule has 0 radical (unpaired) electrons. The van der Waals surface area contributed by atoms with E-state index < -0.39 is 53.6 Å². The van der Waals surface area contributed by atoms with E-state index in [0.717, 1.165) is 0 Å². The highest BCUT2D eigenvalue weighted by atomic mass is 16.6. The Hall–Kier alpha value is -3.14. The number of aliphatic hydroxyl groups excluding tert-OH is 1. The summed E-state index contributed by atoms with van der Waals surface area (Å²) in [4.78, 5) is 52.0. The van der Waals surface area contributed by atoms with E-state index in [9.17, 15) is 24.3 Å². The molecular weight excluding hydrogens is 440 g/mol. The number of amides is 4. The normalized spacial score (nSPS) is 13.4. The molecule has 0 aliphatic rings. The zero-order valence-electron chi connectivity index (χ0n) is 20.9. The predicted octanol–water partition coefficient (Wildman–Crippen LogP) is 1.62. The molecule has 1 aromatic rings. The van der Waals surface area contributed by atoms with Crippen LogP contribution in [-0.2, 0) is 19.1 Å². The summed E-state index contributed by atoms with van der Waals surface area (Å²) in [6.07, 6.45) is -1.13. The van der Waals surface area contributed by atoms with Gasteiger partial charge in [0, 0.05) is 18.5 Å². The third kappa shape index (κ3) is 10.2. The summed E-state index contributed by atoms with van der Waals surface area (Å²) >= 11 is 0. The van der Waals surface area contributed by atoms with Crippen LogP contribution in [0.4, 0.5) is 4.79 Å². The SMILES string of the molecule is CC(C)(C)NC(=O)C(c1ccccc1)N(CCO)C(=O)C(CCC(N)=O)NC(=O)OC(C)(C)C. The van der Waals surface area contributed by atoms with E-state index in [-0.39, 0.29) is 19.4 Å². The average Bonchev–Trinajstić information content (AvgIpc) is 2.68. The predicted molar refractivity (Wildman–Crippen MR) is 127 cm³/mol. The Morgan fingerprint density at radius 2 is 1.65 bits per heavy atom. The van der Waals surface area contributed by atoms with Crippen LogP contribution < -0.4 is 16.4 Å². The fourth-order valence-corrected chi connectivity index (χ4v) is 3.21. The number of carbonyl (C=O) groups excluding carboxylic acids is 4. The molecule has 0 spiro atoms. The third-order valence-electron chi connectivity index (χ3n) is 4.47. The first-order chi connectivity index (χ1) is 15.6. The van der Waals surface area contributed by atoms with Gasteiger partial charge in [0.1, 0.15) is 17.7 Å².